The topological polar surface area (TPSA) is 0 Å². The van der Waals surface area contributed by atoms with E-state index in [1.165, 1.54) is 196 Å². The Labute approximate surface area is 546 Å². The summed E-state index contributed by atoms with van der Waals surface area (Å²) in [4.78, 5) is 0. The minimum Gasteiger partial charge on any atom is -0.135 e. The Kier molecular flexibility index (Phi) is 11.4. The summed E-state index contributed by atoms with van der Waals surface area (Å²) in [6.45, 7) is 14.3. The lowest BCUT2D eigenvalue weighted by atomic mass is 9.31. The zero-order valence-corrected chi connectivity index (χ0v) is 55.4. The summed E-state index contributed by atoms with van der Waals surface area (Å²) >= 11 is 11.9. The van der Waals surface area contributed by atoms with Crippen LogP contribution in [0.2, 0.25) is 0 Å². The molecule has 0 amide bonds. The molecule has 2 aliphatic heterocycles. The van der Waals surface area contributed by atoms with Gasteiger partial charge in [-0.25, -0.2) is 0 Å². The highest BCUT2D eigenvalue weighted by Gasteiger charge is 2.40. The fraction of sp³-hybridized carbons (Fsp3) is 0.0952. The lowest BCUT2D eigenvalue weighted by Gasteiger charge is -2.36. The average Bonchev–Trinajstić information content (AvgIpc) is 0.985. The second-order valence-corrected chi connectivity index (χ2v) is 32.0. The molecule has 20 rings (SSSR count). The summed E-state index contributed by atoms with van der Waals surface area (Å²) in [5, 5.41) is 21.7. The van der Waals surface area contributed by atoms with Crippen molar-refractivity contribution >= 4 is 208 Å². The van der Waals surface area contributed by atoms with Crippen molar-refractivity contribution in [1.82, 2.24) is 0 Å². The fourth-order valence-corrected chi connectivity index (χ4v) is 21.1. The number of rotatable bonds is 2. The summed E-state index contributed by atoms with van der Waals surface area (Å²) in [6, 6.07) is 87.5. The van der Waals surface area contributed by atoms with Gasteiger partial charge in [0.2, 0.25) is 6.71 Å². The van der Waals surface area contributed by atoms with Crippen LogP contribution in [0.4, 0.5) is 0 Å². The zero-order chi connectivity index (χ0) is 60.2. The average molecular weight is 1280 g/mol. The molecule has 0 saturated heterocycles. The molecule has 0 bridgehead atoms. The molecule has 4 aromatic heterocycles. The Hall–Kier alpha value is -8.46. The molecule has 0 aliphatic carbocycles. The summed E-state index contributed by atoms with van der Waals surface area (Å²) < 4.78 is 12.1. The monoisotopic (exact) mass is 1280 g/mol. The Morgan fingerprint density at radius 3 is 0.911 bits per heavy atom. The minimum absolute atomic E-state index is 0.0194. The van der Waals surface area contributed by atoms with Crippen LogP contribution in [0, 0.1) is 0 Å². The van der Waals surface area contributed by atoms with E-state index in [9.17, 15) is 0 Å². The largest absolute Gasteiger partial charge is 0.244 e. The van der Waals surface area contributed by atoms with E-state index in [4.69, 9.17) is 0 Å². The first-order valence-corrected chi connectivity index (χ1v) is 35.3. The van der Waals surface area contributed by atoms with E-state index in [-0.39, 0.29) is 17.5 Å². The van der Waals surface area contributed by atoms with Gasteiger partial charge >= 0.3 is 0 Å². The predicted octanol–water partition coefficient (Wildman–Crippen LogP) is 24.6. The second-order valence-electron chi connectivity index (χ2n) is 27.0. The Morgan fingerprint density at radius 2 is 0.556 bits per heavy atom. The van der Waals surface area contributed by atoms with Crippen molar-refractivity contribution in [3.63, 3.8) is 0 Å². The van der Waals surface area contributed by atoms with E-state index in [0.29, 0.717) is 0 Å². The van der Waals surface area contributed by atoms with Crippen LogP contribution in [-0.4, -0.2) is 6.71 Å². The van der Waals surface area contributed by atoms with Crippen molar-refractivity contribution in [2.24, 2.45) is 0 Å². The van der Waals surface area contributed by atoms with E-state index < -0.39 is 0 Å². The van der Waals surface area contributed by atoms with Gasteiger partial charge in [-0.1, -0.05) is 228 Å². The molecule has 0 saturated carbocycles. The summed E-state index contributed by atoms with van der Waals surface area (Å²) in [5.74, 6) is 0. The highest BCUT2D eigenvalue weighted by molar-refractivity contribution is 9.10. The van der Waals surface area contributed by atoms with Gasteiger partial charge in [-0.15, -0.1) is 45.3 Å². The molecule has 0 spiro atoms. The molecule has 0 N–H and O–H groups in total. The Bertz CT molecular complexity index is 5840. The summed E-state index contributed by atoms with van der Waals surface area (Å²) in [7, 11) is 0. The molecule has 0 unspecified atom stereocenters. The minimum atomic E-state index is -0.0336. The van der Waals surface area contributed by atoms with Crippen LogP contribution >= 0.6 is 61.3 Å². The smallest absolute Gasteiger partial charge is 0.135 e. The molecular formula is C84H56BBrS4. The summed E-state index contributed by atoms with van der Waals surface area (Å²) in [5.41, 5.74) is 17.8. The van der Waals surface area contributed by atoms with Gasteiger partial charge in [0, 0.05) is 95.9 Å². The third kappa shape index (κ3) is 7.63. The van der Waals surface area contributed by atoms with E-state index >= 15 is 0 Å². The zero-order valence-electron chi connectivity index (χ0n) is 50.5. The SMILES string of the molecule is CC(C)(C)c1cc(-c2cc3c4ccccc4sc3c3ccccc23)c(Br)c(-c2cc3c4ccccc4sc3c3ccccc23)c1.CC(C)(C)c1cc2c3c(c1)-c1cc4c5ccccc5sc4c4cccc(c14)B3c1cccc3c1c-2cc1c2ccccc2sc31. The van der Waals surface area contributed by atoms with Crippen molar-refractivity contribution in [2.45, 2.75) is 52.4 Å². The Morgan fingerprint density at radius 1 is 0.267 bits per heavy atom. The number of halogens is 1. The van der Waals surface area contributed by atoms with Crippen molar-refractivity contribution < 1.29 is 0 Å². The van der Waals surface area contributed by atoms with Gasteiger partial charge in [-0.2, -0.15) is 0 Å². The molecule has 0 fully saturated rings. The number of hydrogen-bond donors (Lipinski definition) is 0. The molecule has 0 radical (unpaired) electrons. The molecule has 426 valence electrons. The maximum atomic E-state index is 4.24. The number of thiophene rings is 4. The third-order valence-electron chi connectivity index (χ3n) is 19.9. The number of fused-ring (bicyclic) bond motifs is 22. The van der Waals surface area contributed by atoms with Crippen LogP contribution in [0.25, 0.3) is 168 Å². The third-order valence-corrected chi connectivity index (χ3v) is 25.6. The highest BCUT2D eigenvalue weighted by Crippen LogP contribution is 2.52. The molecule has 90 heavy (non-hydrogen) atoms. The van der Waals surface area contributed by atoms with E-state index in [1.807, 2.05) is 45.3 Å². The lowest BCUT2D eigenvalue weighted by molar-refractivity contribution is 0.590. The Balaban J connectivity index is 0.000000130. The second kappa shape index (κ2) is 19.3. The van der Waals surface area contributed by atoms with E-state index in [2.05, 4.69) is 288 Å². The summed E-state index contributed by atoms with van der Waals surface area (Å²) in [6.07, 6.45) is 0. The van der Waals surface area contributed by atoms with Crippen LogP contribution in [0.5, 0.6) is 0 Å². The van der Waals surface area contributed by atoms with Crippen molar-refractivity contribution in [3.8, 4) is 44.5 Å². The first kappa shape index (κ1) is 53.4. The molecule has 0 nitrogen and oxygen atoms in total. The first-order chi connectivity index (χ1) is 43.8. The van der Waals surface area contributed by atoms with Gasteiger partial charge in [0.25, 0.3) is 0 Å². The van der Waals surface area contributed by atoms with Gasteiger partial charge < -0.3 is 0 Å². The molecule has 2 aliphatic rings. The highest BCUT2D eigenvalue weighted by atomic mass is 79.9. The van der Waals surface area contributed by atoms with Crippen LogP contribution in [0.1, 0.15) is 52.7 Å². The number of hydrogen-bond acceptors (Lipinski definition) is 4. The van der Waals surface area contributed by atoms with Crippen LogP contribution in [0.15, 0.2) is 235 Å². The van der Waals surface area contributed by atoms with E-state index in [1.54, 1.807) is 0 Å². The normalized spacial score (nSPS) is 13.0. The number of benzene rings is 14. The lowest BCUT2D eigenvalue weighted by Crippen LogP contribution is -2.57. The maximum absolute atomic E-state index is 4.24. The predicted molar refractivity (Wildman–Crippen MR) is 406 cm³/mol. The molecule has 18 aromatic rings. The van der Waals surface area contributed by atoms with Crippen molar-refractivity contribution in [2.75, 3.05) is 0 Å². The quantitative estimate of drug-likeness (QED) is 0.151. The van der Waals surface area contributed by atoms with Gasteiger partial charge in [0.1, 0.15) is 0 Å². The van der Waals surface area contributed by atoms with Crippen LogP contribution in [-0.2, 0) is 10.8 Å². The molecule has 0 atom stereocenters. The standard InChI is InChI=1S/C42H27BS2.C42H29BrS2/c1-42(2,3)22-18-29-27-20-31-23-10-4-6-16-35(23)44-40(31)25-12-8-14-33(37(25)27)43-34-15-9-13-26-38(34)28(30(19-22)39(29)43)21-32-24-11-5-7-17-36(24)45-41(26)32;1-42(2,3)24-20-33(31-22-35-27-14-8-10-18-37(27)44-40(35)29-16-6-4-12-25(29)31)39(43)34(21-24)32-23-36-28-15-9-11-19-38(28)45-41(36)30-17-7-5-13-26(30)32/h4-21H,1-3H3;4-23H,1-3H3. The van der Waals surface area contributed by atoms with Gasteiger partial charge in [-0.3, -0.25) is 0 Å². The first-order valence-electron chi connectivity index (χ1n) is 31.3. The fourth-order valence-electron chi connectivity index (χ4n) is 15.6. The van der Waals surface area contributed by atoms with Gasteiger partial charge in [-0.05, 0) is 175 Å². The van der Waals surface area contributed by atoms with Gasteiger partial charge in [0.15, 0.2) is 0 Å². The van der Waals surface area contributed by atoms with Crippen LogP contribution in [0.3, 0.4) is 0 Å². The molecule has 6 heteroatoms. The van der Waals surface area contributed by atoms with Crippen molar-refractivity contribution in [3.05, 3.63) is 246 Å². The molecule has 14 aromatic carbocycles. The molecular weight excluding hydrogens is 1230 g/mol. The van der Waals surface area contributed by atoms with E-state index in [0.717, 1.165) is 4.47 Å². The van der Waals surface area contributed by atoms with Crippen LogP contribution < -0.4 is 16.4 Å². The van der Waals surface area contributed by atoms with Gasteiger partial charge in [0.05, 0.1) is 0 Å². The maximum Gasteiger partial charge on any atom is 0.244 e. The van der Waals surface area contributed by atoms with Crippen molar-refractivity contribution in [1.29, 1.82) is 0 Å². The molecule has 6 heterocycles.